The maximum absolute atomic E-state index is 15.0. The zero-order valence-corrected chi connectivity index (χ0v) is 24.0. The van der Waals surface area contributed by atoms with E-state index in [4.69, 9.17) is 14.2 Å². The van der Waals surface area contributed by atoms with Gasteiger partial charge in [-0.3, -0.25) is 0 Å². The van der Waals surface area contributed by atoms with Crippen LogP contribution >= 0.6 is 0 Å². The van der Waals surface area contributed by atoms with Gasteiger partial charge in [0.15, 0.2) is 23.7 Å². The third-order valence-electron chi connectivity index (χ3n) is 7.11. The van der Waals surface area contributed by atoms with E-state index in [-0.39, 0.29) is 41.0 Å². The monoisotopic (exact) mass is 656 g/mol. The smallest absolute Gasteiger partial charge is 0.429 e. The molecule has 0 saturated carbocycles. The highest BCUT2D eigenvalue weighted by atomic mass is 19.3. The molecule has 0 bridgehead atoms. The Hall–Kier alpha value is -4.07. The van der Waals surface area contributed by atoms with Crippen molar-refractivity contribution in [1.82, 2.24) is 0 Å². The van der Waals surface area contributed by atoms with Gasteiger partial charge in [-0.15, -0.1) is 0 Å². The molecule has 0 unspecified atom stereocenters. The number of unbranched alkanes of at least 4 members (excludes halogenated alkanes) is 1. The Kier molecular flexibility index (Phi) is 9.94. The highest BCUT2D eigenvalue weighted by Gasteiger charge is 2.42. The van der Waals surface area contributed by atoms with Crippen LogP contribution in [0.15, 0.2) is 60.7 Å². The quantitative estimate of drug-likeness (QED) is 0.0969. The molecule has 4 nitrogen and oxygen atoms in total. The number of hydrogen-bond acceptors (Lipinski definition) is 4. The topological polar surface area (TPSA) is 36.9 Å². The van der Waals surface area contributed by atoms with Crippen LogP contribution in [0.2, 0.25) is 0 Å². The summed E-state index contributed by atoms with van der Waals surface area (Å²) >= 11 is 0. The van der Waals surface area contributed by atoms with Crippen LogP contribution in [0.1, 0.15) is 37.2 Å². The number of benzene rings is 4. The fraction of sp³-hybridized carbons (Fsp3) is 0.273. The fourth-order valence-corrected chi connectivity index (χ4v) is 4.80. The van der Waals surface area contributed by atoms with Crippen LogP contribution in [0.5, 0.6) is 5.75 Å². The molecule has 1 heterocycles. The van der Waals surface area contributed by atoms with Gasteiger partial charge in [-0.25, -0.2) is 30.7 Å². The van der Waals surface area contributed by atoms with Gasteiger partial charge in [0.25, 0.3) is 0 Å². The second-order valence-corrected chi connectivity index (χ2v) is 10.4. The molecule has 0 N–H and O–H groups in total. The van der Waals surface area contributed by atoms with Crippen LogP contribution in [0, 0.1) is 40.7 Å². The first-order valence-electron chi connectivity index (χ1n) is 14.0. The molecule has 1 aliphatic heterocycles. The number of hydrogen-bond donors (Lipinski definition) is 0. The zero-order valence-electron chi connectivity index (χ0n) is 24.0. The van der Waals surface area contributed by atoms with E-state index in [9.17, 15) is 30.7 Å². The summed E-state index contributed by atoms with van der Waals surface area (Å²) in [6, 6.07) is 7.80. The average Bonchev–Trinajstić information content (AvgIpc) is 2.99. The predicted octanol–water partition coefficient (Wildman–Crippen LogP) is 9.35. The SMILES string of the molecule is CCCCOC1COC(c2cc(F)c(C(F)(F)Oc3ccc(-c4ccc(-c5cc(F)c(F)c(F)c5)c(F)c4)c(F)c3)c(F)c2)OC1. The summed E-state index contributed by atoms with van der Waals surface area (Å²) in [7, 11) is 0. The molecule has 5 rings (SSSR count). The standard InChI is InChI=1S/C33H25F9O4/c1-2-3-8-43-21-15-44-32(45-16-21)19-12-26(36)30(27(37)13-19)33(41,42)46-20-5-7-22(25(35)14-20)17-4-6-23(24(34)9-17)18-10-28(38)31(40)29(39)11-18/h4-7,9-14,21,32H,2-3,8,15-16H2,1H3. The van der Waals surface area contributed by atoms with E-state index >= 15 is 8.78 Å². The summed E-state index contributed by atoms with van der Waals surface area (Å²) < 4.78 is 151. The van der Waals surface area contributed by atoms with E-state index < -0.39 is 70.5 Å². The molecule has 0 amide bonds. The third-order valence-corrected chi connectivity index (χ3v) is 7.11. The molecule has 13 heteroatoms. The minimum absolute atomic E-state index is 0.0607. The second-order valence-electron chi connectivity index (χ2n) is 10.4. The van der Waals surface area contributed by atoms with Crippen molar-refractivity contribution in [3.05, 3.63) is 113 Å². The number of alkyl halides is 2. The van der Waals surface area contributed by atoms with Crippen LogP contribution in [0.3, 0.4) is 0 Å². The number of halogens is 9. The summed E-state index contributed by atoms with van der Waals surface area (Å²) in [4.78, 5) is 0. The van der Waals surface area contributed by atoms with Crippen molar-refractivity contribution >= 4 is 0 Å². The van der Waals surface area contributed by atoms with Crippen molar-refractivity contribution in [2.24, 2.45) is 0 Å². The summed E-state index contributed by atoms with van der Waals surface area (Å²) in [5.74, 6) is -11.2. The Balaban J connectivity index is 1.30. The molecular formula is C33H25F9O4. The van der Waals surface area contributed by atoms with Crippen molar-refractivity contribution in [1.29, 1.82) is 0 Å². The Morgan fingerprint density at radius 3 is 1.85 bits per heavy atom. The lowest BCUT2D eigenvalue weighted by Crippen LogP contribution is -2.34. The van der Waals surface area contributed by atoms with Gasteiger partial charge in [-0.2, -0.15) is 8.78 Å². The number of ether oxygens (including phenoxy) is 4. The Morgan fingerprint density at radius 2 is 1.26 bits per heavy atom. The first kappa shape index (κ1) is 33.3. The minimum atomic E-state index is -4.60. The molecule has 0 aliphatic carbocycles. The summed E-state index contributed by atoms with van der Waals surface area (Å²) in [5, 5.41) is 0. The summed E-state index contributed by atoms with van der Waals surface area (Å²) in [6.07, 6.45) is -4.47. The second kappa shape index (κ2) is 13.7. The average molecular weight is 657 g/mol. The molecule has 4 aromatic rings. The lowest BCUT2D eigenvalue weighted by molar-refractivity contribution is -0.230. The summed E-state index contributed by atoms with van der Waals surface area (Å²) in [5.41, 5.74) is -2.95. The number of rotatable bonds is 10. The van der Waals surface area contributed by atoms with Crippen molar-refractivity contribution in [3.63, 3.8) is 0 Å². The summed E-state index contributed by atoms with van der Waals surface area (Å²) in [6.45, 7) is 2.59. The van der Waals surface area contributed by atoms with Gasteiger partial charge in [0.2, 0.25) is 0 Å². The molecule has 4 aromatic carbocycles. The molecule has 0 spiro atoms. The Bertz CT molecular complexity index is 1680. The van der Waals surface area contributed by atoms with Crippen molar-refractivity contribution < 1.29 is 58.5 Å². The molecule has 1 saturated heterocycles. The first-order valence-corrected chi connectivity index (χ1v) is 14.0. The predicted molar refractivity (Wildman–Crippen MR) is 147 cm³/mol. The highest BCUT2D eigenvalue weighted by Crippen LogP contribution is 2.39. The molecule has 0 aromatic heterocycles. The first-order chi connectivity index (χ1) is 21.9. The third kappa shape index (κ3) is 7.16. The largest absolute Gasteiger partial charge is 0.432 e. The fourth-order valence-electron chi connectivity index (χ4n) is 4.80. The Labute approximate surface area is 257 Å². The molecule has 244 valence electrons. The van der Waals surface area contributed by atoms with Gasteiger partial charge in [-0.05, 0) is 60.0 Å². The maximum Gasteiger partial charge on any atom is 0.432 e. The van der Waals surface area contributed by atoms with Crippen molar-refractivity contribution in [2.45, 2.75) is 38.3 Å². The molecule has 0 radical (unpaired) electrons. The van der Waals surface area contributed by atoms with Gasteiger partial charge in [0.1, 0.15) is 40.7 Å². The van der Waals surface area contributed by atoms with Crippen LogP contribution in [0.25, 0.3) is 22.3 Å². The van der Waals surface area contributed by atoms with E-state index in [1.54, 1.807) is 0 Å². The Morgan fingerprint density at radius 1 is 0.696 bits per heavy atom. The van der Waals surface area contributed by atoms with Gasteiger partial charge < -0.3 is 18.9 Å². The maximum atomic E-state index is 15.0. The molecule has 46 heavy (non-hydrogen) atoms. The van der Waals surface area contributed by atoms with E-state index in [0.29, 0.717) is 36.9 Å². The van der Waals surface area contributed by atoms with Gasteiger partial charge in [0.05, 0.1) is 13.2 Å². The van der Waals surface area contributed by atoms with Gasteiger partial charge in [0, 0.05) is 29.4 Å². The van der Waals surface area contributed by atoms with E-state index in [0.717, 1.165) is 37.1 Å². The molecular weight excluding hydrogens is 631 g/mol. The van der Waals surface area contributed by atoms with Crippen LogP contribution in [0.4, 0.5) is 39.5 Å². The lowest BCUT2D eigenvalue weighted by Gasteiger charge is -2.30. The highest BCUT2D eigenvalue weighted by molar-refractivity contribution is 5.72. The van der Waals surface area contributed by atoms with Gasteiger partial charge in [-0.1, -0.05) is 25.5 Å². The van der Waals surface area contributed by atoms with Crippen LogP contribution in [-0.4, -0.2) is 25.9 Å². The molecule has 1 fully saturated rings. The molecule has 0 atom stereocenters. The van der Waals surface area contributed by atoms with E-state index in [1.165, 1.54) is 6.07 Å². The van der Waals surface area contributed by atoms with E-state index in [2.05, 4.69) is 4.74 Å². The van der Waals surface area contributed by atoms with Crippen LogP contribution in [-0.2, 0) is 20.3 Å². The van der Waals surface area contributed by atoms with Crippen LogP contribution < -0.4 is 4.74 Å². The zero-order chi connectivity index (χ0) is 33.2. The molecule has 1 aliphatic rings. The van der Waals surface area contributed by atoms with Crippen molar-refractivity contribution in [2.75, 3.05) is 19.8 Å². The van der Waals surface area contributed by atoms with E-state index in [1.807, 2.05) is 6.92 Å². The van der Waals surface area contributed by atoms with Gasteiger partial charge >= 0.3 is 6.11 Å². The normalized spacial score (nSPS) is 16.9. The minimum Gasteiger partial charge on any atom is -0.429 e. The van der Waals surface area contributed by atoms with Crippen molar-refractivity contribution in [3.8, 4) is 28.0 Å². The lowest BCUT2D eigenvalue weighted by atomic mass is 9.99.